The van der Waals surface area contributed by atoms with Gasteiger partial charge in [-0.3, -0.25) is 0 Å². The molecule has 0 bridgehead atoms. The molecule has 0 aliphatic heterocycles. The molecule has 13 rings (SSSR count). The standard InChI is InChI=1S/C57H33N3S2/c1-2-18-35-34(16-1)17-13-27-38(35)51-39-21-3-5-23-41(39)52(42-24-6-4-22-40(42)51)43-25-7-8-26-46(43)55-58-56(47-30-14-28-44-36-19-9-11-32-49(36)61-53(44)47)60-57(59-55)48-31-15-29-45-37-20-10-12-33-50(37)62-54(45)48/h1-33H. The molecule has 0 unspecified atom stereocenters. The molecule has 288 valence electrons. The topological polar surface area (TPSA) is 38.7 Å². The van der Waals surface area contributed by atoms with Crippen LogP contribution in [0.3, 0.4) is 0 Å². The van der Waals surface area contributed by atoms with Gasteiger partial charge < -0.3 is 0 Å². The lowest BCUT2D eigenvalue weighted by Gasteiger charge is -2.20. The lowest BCUT2D eigenvalue weighted by Crippen LogP contribution is -2.01. The largest absolute Gasteiger partial charge is 0.208 e. The zero-order valence-electron chi connectivity index (χ0n) is 33.2. The normalized spacial score (nSPS) is 11.9. The summed E-state index contributed by atoms with van der Waals surface area (Å²) in [6.45, 7) is 0. The van der Waals surface area contributed by atoms with E-state index in [1.807, 2.05) is 0 Å². The zero-order valence-corrected chi connectivity index (χ0v) is 34.8. The van der Waals surface area contributed by atoms with Gasteiger partial charge in [-0.2, -0.15) is 0 Å². The van der Waals surface area contributed by atoms with E-state index < -0.39 is 0 Å². The first-order valence-electron chi connectivity index (χ1n) is 20.9. The Kier molecular flexibility index (Phi) is 7.95. The summed E-state index contributed by atoms with van der Waals surface area (Å²) in [4.78, 5) is 16.4. The van der Waals surface area contributed by atoms with Crippen LogP contribution in [0.2, 0.25) is 0 Å². The molecule has 62 heavy (non-hydrogen) atoms. The van der Waals surface area contributed by atoms with E-state index in [-0.39, 0.29) is 0 Å². The van der Waals surface area contributed by atoms with E-state index >= 15 is 0 Å². The molecule has 0 atom stereocenters. The fourth-order valence-corrected chi connectivity index (χ4v) is 12.1. The van der Waals surface area contributed by atoms with Crippen LogP contribution in [0.1, 0.15) is 0 Å². The van der Waals surface area contributed by atoms with Crippen LogP contribution >= 0.6 is 22.7 Å². The number of hydrogen-bond donors (Lipinski definition) is 0. The zero-order chi connectivity index (χ0) is 40.7. The van der Waals surface area contributed by atoms with Crippen LogP contribution in [0.4, 0.5) is 0 Å². The summed E-state index contributed by atoms with van der Waals surface area (Å²) >= 11 is 3.59. The molecular weight excluding hydrogens is 791 g/mol. The van der Waals surface area contributed by atoms with Gasteiger partial charge in [-0.25, -0.2) is 15.0 Å². The molecule has 10 aromatic carbocycles. The highest BCUT2D eigenvalue weighted by Crippen LogP contribution is 2.48. The summed E-state index contributed by atoms with van der Waals surface area (Å²) in [7, 11) is 0. The smallest absolute Gasteiger partial charge is 0.165 e. The molecule has 0 radical (unpaired) electrons. The Morgan fingerprint density at radius 2 is 0.581 bits per heavy atom. The highest BCUT2D eigenvalue weighted by molar-refractivity contribution is 7.26. The van der Waals surface area contributed by atoms with Crippen LogP contribution in [-0.4, -0.2) is 15.0 Å². The van der Waals surface area contributed by atoms with Crippen molar-refractivity contribution in [1.82, 2.24) is 15.0 Å². The number of benzene rings is 10. The number of nitrogens with zero attached hydrogens (tertiary/aromatic N) is 3. The third kappa shape index (κ3) is 5.39. The average Bonchev–Trinajstić information content (AvgIpc) is 3.92. The number of thiophene rings is 2. The molecule has 0 aliphatic carbocycles. The van der Waals surface area contributed by atoms with Crippen LogP contribution < -0.4 is 0 Å². The van der Waals surface area contributed by atoms with E-state index in [0.717, 1.165) is 27.8 Å². The molecule has 3 heterocycles. The van der Waals surface area contributed by atoms with Gasteiger partial charge in [-0.1, -0.05) is 176 Å². The van der Waals surface area contributed by atoms with Gasteiger partial charge in [0.2, 0.25) is 0 Å². The molecule has 0 saturated carbocycles. The minimum atomic E-state index is 0.642. The highest BCUT2D eigenvalue weighted by Gasteiger charge is 2.23. The molecule has 0 amide bonds. The molecule has 3 nitrogen and oxygen atoms in total. The van der Waals surface area contributed by atoms with E-state index in [2.05, 4.69) is 200 Å². The summed E-state index contributed by atoms with van der Waals surface area (Å²) in [6, 6.07) is 72.1. The van der Waals surface area contributed by atoms with Crippen molar-refractivity contribution in [3.05, 3.63) is 200 Å². The van der Waals surface area contributed by atoms with Gasteiger partial charge in [0.05, 0.1) is 0 Å². The van der Waals surface area contributed by atoms with Crippen LogP contribution in [0, 0.1) is 0 Å². The van der Waals surface area contributed by atoms with Crippen molar-refractivity contribution >= 4 is 95.3 Å². The minimum Gasteiger partial charge on any atom is -0.208 e. The van der Waals surface area contributed by atoms with E-state index in [1.54, 1.807) is 22.7 Å². The molecular formula is C57H33N3S2. The van der Waals surface area contributed by atoms with Gasteiger partial charge in [-0.15, -0.1) is 22.7 Å². The molecule has 0 aliphatic rings. The maximum absolute atomic E-state index is 5.48. The highest BCUT2D eigenvalue weighted by atomic mass is 32.1. The van der Waals surface area contributed by atoms with E-state index in [4.69, 9.17) is 15.0 Å². The van der Waals surface area contributed by atoms with Crippen molar-refractivity contribution in [2.24, 2.45) is 0 Å². The molecule has 5 heteroatoms. The van der Waals surface area contributed by atoms with Crippen LogP contribution in [0.15, 0.2) is 200 Å². The summed E-state index contributed by atoms with van der Waals surface area (Å²) in [5, 5.41) is 12.2. The monoisotopic (exact) mass is 823 g/mol. The van der Waals surface area contributed by atoms with Gasteiger partial charge in [0, 0.05) is 57.0 Å². The Morgan fingerprint density at radius 3 is 1.13 bits per heavy atom. The second kappa shape index (κ2) is 14.0. The third-order valence-corrected chi connectivity index (χ3v) is 14.8. The van der Waals surface area contributed by atoms with Crippen molar-refractivity contribution in [3.8, 4) is 56.4 Å². The first kappa shape index (κ1) is 35.2. The van der Waals surface area contributed by atoms with Gasteiger partial charge in [-0.05, 0) is 78.8 Å². The van der Waals surface area contributed by atoms with E-state index in [0.29, 0.717) is 17.5 Å². The summed E-state index contributed by atoms with van der Waals surface area (Å²) in [5.41, 5.74) is 7.68. The summed E-state index contributed by atoms with van der Waals surface area (Å²) < 4.78 is 4.84. The Labute approximate surface area is 364 Å². The number of fused-ring (bicyclic) bond motifs is 9. The number of rotatable bonds is 5. The van der Waals surface area contributed by atoms with E-state index in [1.165, 1.54) is 83.8 Å². The quantitative estimate of drug-likeness (QED) is 0.162. The van der Waals surface area contributed by atoms with Gasteiger partial charge in [0.1, 0.15) is 0 Å². The number of hydrogen-bond acceptors (Lipinski definition) is 5. The molecule has 0 fully saturated rings. The predicted molar refractivity (Wildman–Crippen MR) is 265 cm³/mol. The fraction of sp³-hybridized carbons (Fsp3) is 0. The SMILES string of the molecule is c1ccc(-c2c3ccccc3c(-c3cccc4ccccc34)c3ccccc23)c(-c2nc(-c3cccc4c3sc3ccccc34)nc(-c3cccc4c3sc3ccccc34)n2)c1. The number of aromatic nitrogens is 3. The molecule has 0 saturated heterocycles. The Hall–Kier alpha value is -7.57. The Balaban J connectivity index is 1.10. The molecule has 3 aromatic heterocycles. The first-order chi connectivity index (χ1) is 30.8. The summed E-state index contributed by atoms with van der Waals surface area (Å²) in [5.74, 6) is 1.97. The maximum atomic E-state index is 5.48. The maximum Gasteiger partial charge on any atom is 0.165 e. The van der Waals surface area contributed by atoms with Crippen molar-refractivity contribution in [3.63, 3.8) is 0 Å². The summed E-state index contributed by atoms with van der Waals surface area (Å²) in [6.07, 6.45) is 0. The van der Waals surface area contributed by atoms with Crippen LogP contribution in [0.25, 0.3) is 129 Å². The molecule has 13 aromatic rings. The van der Waals surface area contributed by atoms with E-state index in [9.17, 15) is 0 Å². The van der Waals surface area contributed by atoms with Crippen LogP contribution in [0.5, 0.6) is 0 Å². The van der Waals surface area contributed by atoms with Crippen molar-refractivity contribution in [1.29, 1.82) is 0 Å². The van der Waals surface area contributed by atoms with Crippen LogP contribution in [-0.2, 0) is 0 Å². The van der Waals surface area contributed by atoms with Crippen molar-refractivity contribution in [2.75, 3.05) is 0 Å². The van der Waals surface area contributed by atoms with Crippen molar-refractivity contribution in [2.45, 2.75) is 0 Å². The fourth-order valence-electron chi connectivity index (χ4n) is 9.63. The lowest BCUT2D eigenvalue weighted by molar-refractivity contribution is 1.08. The molecule has 0 N–H and O–H groups in total. The lowest BCUT2D eigenvalue weighted by atomic mass is 9.83. The second-order valence-electron chi connectivity index (χ2n) is 15.8. The molecule has 0 spiro atoms. The first-order valence-corrected chi connectivity index (χ1v) is 22.5. The Bertz CT molecular complexity index is 3760. The Morgan fingerprint density at radius 1 is 0.242 bits per heavy atom. The third-order valence-electron chi connectivity index (χ3n) is 12.4. The minimum absolute atomic E-state index is 0.642. The van der Waals surface area contributed by atoms with Crippen molar-refractivity contribution < 1.29 is 0 Å². The predicted octanol–water partition coefficient (Wildman–Crippen LogP) is 16.4. The average molecular weight is 824 g/mol. The van der Waals surface area contributed by atoms with Gasteiger partial charge in [0.15, 0.2) is 17.5 Å². The van der Waals surface area contributed by atoms with Gasteiger partial charge in [0.25, 0.3) is 0 Å². The second-order valence-corrected chi connectivity index (χ2v) is 17.9. The van der Waals surface area contributed by atoms with Gasteiger partial charge >= 0.3 is 0 Å².